The van der Waals surface area contributed by atoms with Crippen LogP contribution >= 0.6 is 11.6 Å². The maximum absolute atomic E-state index is 12.4. The molecule has 0 fully saturated rings. The molecule has 1 aromatic rings. The van der Waals surface area contributed by atoms with Crippen LogP contribution in [0.4, 0.5) is 8.78 Å². The fraction of sp³-hybridized carbons (Fsp3) is 0.333. The van der Waals surface area contributed by atoms with E-state index in [1.807, 2.05) is 0 Å². The molecule has 88 valence electrons. The number of methoxy groups -OCH3 is 1. The number of carbonyl (C=O) groups excluding carboxylic acids is 1. The van der Waals surface area contributed by atoms with Crippen LogP contribution in [0.2, 0.25) is 0 Å². The number of hydrogen-bond donors (Lipinski definition) is 1. The molecule has 16 heavy (non-hydrogen) atoms. The van der Waals surface area contributed by atoms with E-state index in [9.17, 15) is 18.7 Å². The van der Waals surface area contributed by atoms with E-state index in [1.54, 1.807) is 0 Å². The summed E-state index contributed by atoms with van der Waals surface area (Å²) in [7, 11) is 1.07. The molecule has 1 rings (SSSR count). The molecular formula is C9H8ClF2NO3. The van der Waals surface area contributed by atoms with Crippen molar-refractivity contribution in [2.45, 2.75) is 12.3 Å². The number of pyridine rings is 1. The van der Waals surface area contributed by atoms with Crippen LogP contribution in [0.1, 0.15) is 28.2 Å². The first kappa shape index (κ1) is 12.6. The third-order valence-electron chi connectivity index (χ3n) is 1.84. The minimum absolute atomic E-state index is 0.181. The van der Waals surface area contributed by atoms with Crippen molar-refractivity contribution in [2.75, 3.05) is 7.11 Å². The van der Waals surface area contributed by atoms with Crippen LogP contribution in [0.3, 0.4) is 0 Å². The molecule has 0 aromatic carbocycles. The molecule has 0 aliphatic rings. The zero-order valence-electron chi connectivity index (χ0n) is 8.21. The number of aromatic hydroxyl groups is 1. The van der Waals surface area contributed by atoms with Gasteiger partial charge in [0.2, 0.25) is 0 Å². The molecule has 1 heterocycles. The van der Waals surface area contributed by atoms with Crippen LogP contribution in [0.5, 0.6) is 5.75 Å². The van der Waals surface area contributed by atoms with Gasteiger partial charge in [0.15, 0.2) is 5.75 Å². The van der Waals surface area contributed by atoms with E-state index in [4.69, 9.17) is 11.6 Å². The predicted molar refractivity (Wildman–Crippen MR) is 51.8 cm³/mol. The Kier molecular flexibility index (Phi) is 4.00. The lowest BCUT2D eigenvalue weighted by molar-refractivity contribution is 0.0596. The van der Waals surface area contributed by atoms with Gasteiger partial charge in [-0.3, -0.25) is 0 Å². The van der Waals surface area contributed by atoms with Crippen molar-refractivity contribution in [3.63, 3.8) is 0 Å². The molecule has 1 N–H and O–H groups in total. The van der Waals surface area contributed by atoms with Crippen molar-refractivity contribution in [3.8, 4) is 5.75 Å². The van der Waals surface area contributed by atoms with Gasteiger partial charge in [0.1, 0.15) is 11.3 Å². The first-order valence-corrected chi connectivity index (χ1v) is 4.70. The van der Waals surface area contributed by atoms with E-state index in [-0.39, 0.29) is 17.1 Å². The van der Waals surface area contributed by atoms with E-state index in [1.165, 1.54) is 0 Å². The molecule has 0 spiro atoms. The number of carbonyl (C=O) groups is 1. The van der Waals surface area contributed by atoms with Crippen molar-refractivity contribution < 1.29 is 23.4 Å². The maximum Gasteiger partial charge on any atom is 0.341 e. The summed E-state index contributed by atoms with van der Waals surface area (Å²) >= 11 is 5.41. The Balaban J connectivity index is 3.35. The van der Waals surface area contributed by atoms with Crippen LogP contribution < -0.4 is 0 Å². The third kappa shape index (κ3) is 2.38. The fourth-order valence-corrected chi connectivity index (χ4v) is 1.27. The highest BCUT2D eigenvalue weighted by Gasteiger charge is 2.21. The molecular weight excluding hydrogens is 244 g/mol. The zero-order chi connectivity index (χ0) is 12.3. The number of esters is 1. The van der Waals surface area contributed by atoms with Gasteiger partial charge in [-0.05, 0) is 6.07 Å². The average molecular weight is 252 g/mol. The Morgan fingerprint density at radius 3 is 2.75 bits per heavy atom. The Labute approximate surface area is 94.8 Å². The molecule has 0 aliphatic heterocycles. The monoisotopic (exact) mass is 251 g/mol. The highest BCUT2D eigenvalue weighted by molar-refractivity contribution is 6.17. The number of aromatic nitrogens is 1. The maximum atomic E-state index is 12.4. The molecule has 0 saturated heterocycles. The summed E-state index contributed by atoms with van der Waals surface area (Å²) < 4.78 is 29.2. The Morgan fingerprint density at radius 1 is 1.69 bits per heavy atom. The minimum atomic E-state index is -2.86. The summed E-state index contributed by atoms with van der Waals surface area (Å²) in [5.41, 5.74) is -1.18. The summed E-state index contributed by atoms with van der Waals surface area (Å²) in [6.07, 6.45) is -2.86. The van der Waals surface area contributed by atoms with Gasteiger partial charge in [-0.1, -0.05) is 0 Å². The highest BCUT2D eigenvalue weighted by atomic mass is 35.5. The lowest BCUT2D eigenvalue weighted by atomic mass is 10.1. The first-order chi connectivity index (χ1) is 7.51. The Hall–Kier alpha value is -1.43. The fourth-order valence-electron chi connectivity index (χ4n) is 1.08. The second-order valence-corrected chi connectivity index (χ2v) is 3.08. The van der Waals surface area contributed by atoms with E-state index >= 15 is 0 Å². The summed E-state index contributed by atoms with van der Waals surface area (Å²) in [4.78, 5) is 14.6. The van der Waals surface area contributed by atoms with Gasteiger partial charge in [-0.15, -0.1) is 11.6 Å². The van der Waals surface area contributed by atoms with Crippen molar-refractivity contribution in [3.05, 3.63) is 23.0 Å². The Bertz CT molecular complexity index is 412. The zero-order valence-corrected chi connectivity index (χ0v) is 8.96. The largest absolute Gasteiger partial charge is 0.505 e. The quantitative estimate of drug-likeness (QED) is 0.661. The molecule has 1 aromatic heterocycles. The molecule has 0 aliphatic carbocycles. The van der Waals surface area contributed by atoms with Crippen LogP contribution in [0.15, 0.2) is 6.07 Å². The van der Waals surface area contributed by atoms with Crippen LogP contribution in [-0.4, -0.2) is 23.2 Å². The average Bonchev–Trinajstić information content (AvgIpc) is 2.28. The van der Waals surface area contributed by atoms with Crippen molar-refractivity contribution in [1.29, 1.82) is 0 Å². The lowest BCUT2D eigenvalue weighted by Gasteiger charge is -2.08. The summed E-state index contributed by atoms with van der Waals surface area (Å²) in [5, 5.41) is 9.50. The molecule has 0 radical (unpaired) electrons. The molecule has 0 saturated carbocycles. The third-order valence-corrected chi connectivity index (χ3v) is 2.09. The van der Waals surface area contributed by atoms with Crippen molar-refractivity contribution in [1.82, 2.24) is 4.98 Å². The van der Waals surface area contributed by atoms with Crippen LogP contribution in [0, 0.1) is 0 Å². The van der Waals surface area contributed by atoms with Gasteiger partial charge >= 0.3 is 5.97 Å². The van der Waals surface area contributed by atoms with Gasteiger partial charge in [0.05, 0.1) is 18.7 Å². The normalized spacial score (nSPS) is 10.6. The van der Waals surface area contributed by atoms with Gasteiger partial charge in [-0.25, -0.2) is 18.6 Å². The van der Waals surface area contributed by atoms with Crippen LogP contribution in [0.25, 0.3) is 0 Å². The van der Waals surface area contributed by atoms with Gasteiger partial charge in [0, 0.05) is 0 Å². The number of alkyl halides is 3. The topological polar surface area (TPSA) is 59.4 Å². The molecule has 0 atom stereocenters. The van der Waals surface area contributed by atoms with E-state index < -0.39 is 23.8 Å². The number of nitrogens with zero attached hydrogens (tertiary/aromatic N) is 1. The summed E-state index contributed by atoms with van der Waals surface area (Å²) in [5.74, 6) is -1.74. The molecule has 0 bridgehead atoms. The second-order valence-electron chi connectivity index (χ2n) is 2.82. The van der Waals surface area contributed by atoms with E-state index in [2.05, 4.69) is 9.72 Å². The van der Waals surface area contributed by atoms with E-state index in [0.717, 1.165) is 13.2 Å². The van der Waals surface area contributed by atoms with E-state index in [0.29, 0.717) is 0 Å². The lowest BCUT2D eigenvalue weighted by Crippen LogP contribution is -2.06. The Morgan fingerprint density at radius 2 is 2.31 bits per heavy atom. The summed E-state index contributed by atoms with van der Waals surface area (Å²) in [6.45, 7) is 0. The molecule has 7 heteroatoms. The molecule has 0 unspecified atom stereocenters. The highest BCUT2D eigenvalue weighted by Crippen LogP contribution is 2.28. The molecule has 4 nitrogen and oxygen atoms in total. The summed E-state index contributed by atoms with van der Waals surface area (Å²) in [6, 6.07) is 0.780. The number of rotatable bonds is 3. The van der Waals surface area contributed by atoms with Crippen LogP contribution in [-0.2, 0) is 10.6 Å². The SMILES string of the molecule is COC(=O)c1cc(C(F)F)nc(CCl)c1O. The predicted octanol–water partition coefficient (Wildman–Crippen LogP) is 2.25. The number of hydrogen-bond acceptors (Lipinski definition) is 4. The van der Waals surface area contributed by atoms with Gasteiger partial charge in [0.25, 0.3) is 6.43 Å². The smallest absolute Gasteiger partial charge is 0.341 e. The van der Waals surface area contributed by atoms with Crippen molar-refractivity contribution in [2.24, 2.45) is 0 Å². The number of halogens is 3. The second kappa shape index (κ2) is 5.07. The first-order valence-electron chi connectivity index (χ1n) is 4.16. The minimum Gasteiger partial charge on any atom is -0.505 e. The van der Waals surface area contributed by atoms with Gasteiger partial charge < -0.3 is 9.84 Å². The molecule has 0 amide bonds. The van der Waals surface area contributed by atoms with Crippen molar-refractivity contribution >= 4 is 17.6 Å². The van der Waals surface area contributed by atoms with Gasteiger partial charge in [-0.2, -0.15) is 0 Å². The number of ether oxygens (including phenoxy) is 1. The standard InChI is InChI=1S/C9H8ClF2NO3/c1-16-9(15)4-2-5(8(11)12)13-6(3-10)7(4)14/h2,8,14H,3H2,1H3.